The van der Waals surface area contributed by atoms with Crippen LogP contribution < -0.4 is 9.64 Å². The molecule has 3 rings (SSSR count). The maximum absolute atomic E-state index is 5.40. The normalized spacial score (nSPS) is 22.3. The standard InChI is InChI=1S/C14H21N3O2/c1-18-11-8-14(9-11)3-5-17(6-4-14)12-7-13(19-2)16-10-15-12/h7,10-11H,3-6,8-9H2,1-2H3. The van der Waals surface area contributed by atoms with E-state index in [0.29, 0.717) is 17.4 Å². The zero-order valence-corrected chi connectivity index (χ0v) is 11.6. The van der Waals surface area contributed by atoms with E-state index in [9.17, 15) is 0 Å². The third-order valence-electron chi connectivity index (χ3n) is 4.64. The Bertz CT molecular complexity index is 436. The maximum Gasteiger partial charge on any atom is 0.218 e. The fraction of sp³-hybridized carbons (Fsp3) is 0.714. The van der Waals surface area contributed by atoms with Crippen molar-refractivity contribution in [2.45, 2.75) is 31.8 Å². The van der Waals surface area contributed by atoms with Gasteiger partial charge in [0.05, 0.1) is 13.2 Å². The van der Waals surface area contributed by atoms with Gasteiger partial charge < -0.3 is 14.4 Å². The van der Waals surface area contributed by atoms with Crippen molar-refractivity contribution in [1.82, 2.24) is 9.97 Å². The lowest BCUT2D eigenvalue weighted by Crippen LogP contribution is -2.49. The van der Waals surface area contributed by atoms with E-state index in [1.165, 1.54) is 25.7 Å². The Kier molecular flexibility index (Phi) is 3.31. The van der Waals surface area contributed by atoms with E-state index in [2.05, 4.69) is 14.9 Å². The molecule has 5 nitrogen and oxygen atoms in total. The second-order valence-electron chi connectivity index (χ2n) is 5.67. The molecule has 1 saturated carbocycles. The smallest absolute Gasteiger partial charge is 0.218 e. The zero-order valence-electron chi connectivity index (χ0n) is 11.6. The van der Waals surface area contributed by atoms with Gasteiger partial charge in [-0.2, -0.15) is 0 Å². The first-order valence-corrected chi connectivity index (χ1v) is 6.88. The molecule has 1 saturated heterocycles. The molecule has 104 valence electrons. The van der Waals surface area contributed by atoms with E-state index in [4.69, 9.17) is 9.47 Å². The van der Waals surface area contributed by atoms with Gasteiger partial charge in [0.15, 0.2) is 0 Å². The minimum absolute atomic E-state index is 0.491. The fourth-order valence-corrected chi connectivity index (χ4v) is 3.31. The van der Waals surface area contributed by atoms with E-state index < -0.39 is 0 Å². The van der Waals surface area contributed by atoms with Crippen LogP contribution in [0.3, 0.4) is 0 Å². The van der Waals surface area contributed by atoms with Crippen LogP contribution in [0.2, 0.25) is 0 Å². The van der Waals surface area contributed by atoms with Gasteiger partial charge in [-0.3, -0.25) is 0 Å². The number of rotatable bonds is 3. The molecule has 0 atom stereocenters. The molecule has 0 unspecified atom stereocenters. The summed E-state index contributed by atoms with van der Waals surface area (Å²) in [6.07, 6.45) is 6.99. The van der Waals surface area contributed by atoms with Crippen molar-refractivity contribution in [3.05, 3.63) is 12.4 Å². The third kappa shape index (κ3) is 2.39. The first kappa shape index (κ1) is 12.7. The summed E-state index contributed by atoms with van der Waals surface area (Å²) in [4.78, 5) is 10.7. The summed E-state index contributed by atoms with van der Waals surface area (Å²) in [5.74, 6) is 1.61. The quantitative estimate of drug-likeness (QED) is 0.833. The van der Waals surface area contributed by atoms with E-state index in [1.54, 1.807) is 13.4 Å². The molecule has 1 aromatic rings. The van der Waals surface area contributed by atoms with Gasteiger partial charge in [-0.05, 0) is 31.1 Å². The van der Waals surface area contributed by atoms with Crippen LogP contribution in [0.25, 0.3) is 0 Å². The predicted octanol–water partition coefficient (Wildman–Crippen LogP) is 1.88. The summed E-state index contributed by atoms with van der Waals surface area (Å²) in [5, 5.41) is 0. The Morgan fingerprint density at radius 2 is 1.95 bits per heavy atom. The summed E-state index contributed by atoms with van der Waals surface area (Å²) in [6.45, 7) is 2.13. The van der Waals surface area contributed by atoms with Crippen LogP contribution in [-0.4, -0.2) is 43.4 Å². The van der Waals surface area contributed by atoms with E-state index in [-0.39, 0.29) is 0 Å². The van der Waals surface area contributed by atoms with Gasteiger partial charge in [0.1, 0.15) is 12.1 Å². The molecule has 1 aliphatic heterocycles. The average Bonchev–Trinajstić information content (AvgIpc) is 2.45. The molecule has 5 heteroatoms. The second kappa shape index (κ2) is 4.96. The lowest BCUT2D eigenvalue weighted by Gasteiger charge is -2.51. The van der Waals surface area contributed by atoms with Crippen LogP contribution in [-0.2, 0) is 4.74 Å². The number of hydrogen-bond acceptors (Lipinski definition) is 5. The molecule has 2 fully saturated rings. The van der Waals surface area contributed by atoms with Crippen LogP contribution in [0.4, 0.5) is 5.82 Å². The summed E-state index contributed by atoms with van der Waals surface area (Å²) >= 11 is 0. The highest BCUT2D eigenvalue weighted by Gasteiger charge is 2.46. The first-order valence-electron chi connectivity index (χ1n) is 6.88. The highest BCUT2D eigenvalue weighted by Crippen LogP contribution is 2.50. The lowest BCUT2D eigenvalue weighted by molar-refractivity contribution is -0.0708. The number of aromatic nitrogens is 2. The van der Waals surface area contributed by atoms with Crippen molar-refractivity contribution >= 4 is 5.82 Å². The topological polar surface area (TPSA) is 47.5 Å². The lowest BCUT2D eigenvalue weighted by atomic mass is 9.61. The predicted molar refractivity (Wildman–Crippen MR) is 72.5 cm³/mol. The average molecular weight is 263 g/mol. The number of methoxy groups -OCH3 is 2. The monoisotopic (exact) mass is 263 g/mol. The van der Waals surface area contributed by atoms with Gasteiger partial charge in [-0.1, -0.05) is 0 Å². The number of ether oxygens (including phenoxy) is 2. The van der Waals surface area contributed by atoms with E-state index in [0.717, 1.165) is 18.9 Å². The van der Waals surface area contributed by atoms with Crippen molar-refractivity contribution in [3.63, 3.8) is 0 Å². The molecule has 1 aromatic heterocycles. The maximum atomic E-state index is 5.40. The number of anilines is 1. The summed E-state index contributed by atoms with van der Waals surface area (Å²) < 4.78 is 10.6. The molecular weight excluding hydrogens is 242 g/mol. The highest BCUT2D eigenvalue weighted by atomic mass is 16.5. The van der Waals surface area contributed by atoms with Gasteiger partial charge in [-0.25, -0.2) is 9.97 Å². The molecule has 0 N–H and O–H groups in total. The van der Waals surface area contributed by atoms with Crippen molar-refractivity contribution in [3.8, 4) is 5.88 Å². The second-order valence-corrected chi connectivity index (χ2v) is 5.67. The number of piperidine rings is 1. The van der Waals surface area contributed by atoms with Crippen molar-refractivity contribution < 1.29 is 9.47 Å². The zero-order chi connectivity index (χ0) is 13.3. The summed E-state index contributed by atoms with van der Waals surface area (Å²) in [6, 6.07) is 1.91. The van der Waals surface area contributed by atoms with Crippen LogP contribution in [0.15, 0.2) is 12.4 Å². The highest BCUT2D eigenvalue weighted by molar-refractivity contribution is 5.41. The summed E-state index contributed by atoms with van der Waals surface area (Å²) in [7, 11) is 3.45. The van der Waals surface area contributed by atoms with Crippen LogP contribution in [0.5, 0.6) is 5.88 Å². The SMILES string of the molecule is COc1cc(N2CCC3(CC2)CC(OC)C3)ncn1. The van der Waals surface area contributed by atoms with Crippen LogP contribution >= 0.6 is 0 Å². The Balaban J connectivity index is 1.61. The van der Waals surface area contributed by atoms with Crippen LogP contribution in [0, 0.1) is 5.41 Å². The Morgan fingerprint density at radius 1 is 1.21 bits per heavy atom. The van der Waals surface area contributed by atoms with Crippen molar-refractivity contribution in [2.75, 3.05) is 32.2 Å². The third-order valence-corrected chi connectivity index (χ3v) is 4.64. The molecule has 1 aliphatic carbocycles. The molecule has 0 aromatic carbocycles. The van der Waals surface area contributed by atoms with Gasteiger partial charge in [0.25, 0.3) is 0 Å². The van der Waals surface area contributed by atoms with Gasteiger partial charge in [0.2, 0.25) is 5.88 Å². The Hall–Kier alpha value is -1.36. The molecule has 19 heavy (non-hydrogen) atoms. The van der Waals surface area contributed by atoms with Gasteiger partial charge in [-0.15, -0.1) is 0 Å². The number of hydrogen-bond donors (Lipinski definition) is 0. The molecule has 2 heterocycles. The fourth-order valence-electron chi connectivity index (χ4n) is 3.31. The molecule has 0 radical (unpaired) electrons. The van der Waals surface area contributed by atoms with Crippen LogP contribution in [0.1, 0.15) is 25.7 Å². The first-order chi connectivity index (χ1) is 9.24. The molecule has 0 bridgehead atoms. The minimum atomic E-state index is 0.491. The van der Waals surface area contributed by atoms with Crippen molar-refractivity contribution in [2.24, 2.45) is 5.41 Å². The van der Waals surface area contributed by atoms with Crippen molar-refractivity contribution in [1.29, 1.82) is 0 Å². The van der Waals surface area contributed by atoms with E-state index in [1.807, 2.05) is 13.2 Å². The molecule has 0 amide bonds. The molecule has 2 aliphatic rings. The van der Waals surface area contributed by atoms with Gasteiger partial charge >= 0.3 is 0 Å². The van der Waals surface area contributed by atoms with E-state index >= 15 is 0 Å². The largest absolute Gasteiger partial charge is 0.481 e. The molecule has 1 spiro atoms. The Labute approximate surface area is 113 Å². The number of nitrogens with zero attached hydrogens (tertiary/aromatic N) is 3. The van der Waals surface area contributed by atoms with Gasteiger partial charge in [0, 0.05) is 26.3 Å². The summed E-state index contributed by atoms with van der Waals surface area (Å²) in [5.41, 5.74) is 0.536. The molecular formula is C14H21N3O2. The minimum Gasteiger partial charge on any atom is -0.481 e. The Morgan fingerprint density at radius 3 is 2.58 bits per heavy atom.